The van der Waals surface area contributed by atoms with Crippen molar-refractivity contribution in [3.8, 4) is 0 Å². The number of carbonyl (C=O) groups is 1. The molecule has 0 aliphatic rings. The first kappa shape index (κ1) is 15.1. The van der Waals surface area contributed by atoms with Gasteiger partial charge in [0.25, 0.3) is 11.6 Å². The number of nitro groups is 1. The predicted molar refractivity (Wildman–Crippen MR) is 82.5 cm³/mol. The molecule has 108 valence electrons. The summed E-state index contributed by atoms with van der Waals surface area (Å²) in [6.45, 7) is 3.52. The minimum atomic E-state index is -0.489. The summed E-state index contributed by atoms with van der Waals surface area (Å²) in [6, 6.07) is 5.92. The van der Waals surface area contributed by atoms with Crippen LogP contribution >= 0.6 is 15.9 Å². The zero-order valence-electron chi connectivity index (χ0n) is 11.4. The van der Waals surface area contributed by atoms with Crippen molar-refractivity contribution < 1.29 is 9.72 Å². The van der Waals surface area contributed by atoms with Gasteiger partial charge in [-0.25, -0.2) is 4.98 Å². The van der Waals surface area contributed by atoms with Gasteiger partial charge < -0.3 is 5.32 Å². The Morgan fingerprint density at radius 1 is 1.29 bits per heavy atom. The van der Waals surface area contributed by atoms with Crippen molar-refractivity contribution in [2.45, 2.75) is 13.8 Å². The number of aromatic nitrogens is 1. The maximum absolute atomic E-state index is 12.2. The Balaban J connectivity index is 2.24. The number of non-ortho nitro benzene ring substituents is 1. The standard InChI is InChI=1S/C14H12BrN3O3/c1-8-6-11(18(20)21)3-4-12(8)14(19)17-10-5-9(2)13(15)16-7-10/h3-7H,1-2H3,(H,17,19). The molecule has 0 spiro atoms. The van der Waals surface area contributed by atoms with Crippen LogP contribution in [0.3, 0.4) is 0 Å². The van der Waals surface area contributed by atoms with Gasteiger partial charge in [0, 0.05) is 17.7 Å². The maximum Gasteiger partial charge on any atom is 0.269 e. The van der Waals surface area contributed by atoms with Crippen LogP contribution < -0.4 is 5.32 Å². The number of benzene rings is 1. The van der Waals surface area contributed by atoms with Crippen molar-refractivity contribution in [3.05, 3.63) is 61.9 Å². The second kappa shape index (κ2) is 6.01. The monoisotopic (exact) mass is 349 g/mol. The lowest BCUT2D eigenvalue weighted by molar-refractivity contribution is -0.384. The predicted octanol–water partition coefficient (Wildman–Crippen LogP) is 3.62. The van der Waals surface area contributed by atoms with Crippen LogP contribution in [-0.2, 0) is 0 Å². The number of pyridine rings is 1. The van der Waals surface area contributed by atoms with E-state index in [0.717, 1.165) is 5.56 Å². The third-order valence-corrected chi connectivity index (χ3v) is 3.77. The first-order valence-corrected chi connectivity index (χ1v) is 6.86. The molecular weight excluding hydrogens is 338 g/mol. The minimum absolute atomic E-state index is 0.0368. The summed E-state index contributed by atoms with van der Waals surface area (Å²) in [5, 5.41) is 13.4. The highest BCUT2D eigenvalue weighted by Gasteiger charge is 2.14. The molecule has 0 aliphatic carbocycles. The van der Waals surface area contributed by atoms with Gasteiger partial charge in [-0.15, -0.1) is 0 Å². The van der Waals surface area contributed by atoms with Crippen LogP contribution in [0.5, 0.6) is 0 Å². The summed E-state index contributed by atoms with van der Waals surface area (Å²) in [5.41, 5.74) is 2.36. The van der Waals surface area contributed by atoms with Crippen LogP contribution in [0.25, 0.3) is 0 Å². The van der Waals surface area contributed by atoms with E-state index in [0.29, 0.717) is 21.4 Å². The average Bonchev–Trinajstić information content (AvgIpc) is 2.42. The zero-order chi connectivity index (χ0) is 15.6. The number of rotatable bonds is 3. The molecule has 1 heterocycles. The molecule has 1 aromatic heterocycles. The van der Waals surface area contributed by atoms with Crippen LogP contribution in [0.4, 0.5) is 11.4 Å². The Bertz CT molecular complexity index is 731. The number of carbonyl (C=O) groups excluding carboxylic acids is 1. The quantitative estimate of drug-likeness (QED) is 0.520. The van der Waals surface area contributed by atoms with Gasteiger partial charge in [0.05, 0.1) is 16.8 Å². The fraction of sp³-hybridized carbons (Fsp3) is 0.143. The molecule has 0 saturated carbocycles. The third kappa shape index (κ3) is 3.43. The van der Waals surface area contributed by atoms with Crippen LogP contribution in [0.2, 0.25) is 0 Å². The van der Waals surface area contributed by atoms with Gasteiger partial charge in [-0.3, -0.25) is 14.9 Å². The summed E-state index contributed by atoms with van der Waals surface area (Å²) in [6.07, 6.45) is 1.54. The van der Waals surface area contributed by atoms with E-state index in [9.17, 15) is 14.9 Å². The van der Waals surface area contributed by atoms with Crippen molar-refractivity contribution >= 4 is 33.2 Å². The number of hydrogen-bond acceptors (Lipinski definition) is 4. The van der Waals surface area contributed by atoms with E-state index in [1.807, 2.05) is 6.92 Å². The van der Waals surface area contributed by atoms with E-state index in [1.165, 1.54) is 24.4 Å². The molecule has 2 rings (SSSR count). The van der Waals surface area contributed by atoms with Gasteiger partial charge >= 0.3 is 0 Å². The Kier molecular flexibility index (Phi) is 4.32. The molecule has 1 aromatic carbocycles. The van der Waals surface area contributed by atoms with Gasteiger partial charge in [-0.1, -0.05) is 0 Å². The average molecular weight is 350 g/mol. The molecule has 6 nitrogen and oxygen atoms in total. The highest BCUT2D eigenvalue weighted by molar-refractivity contribution is 9.10. The summed E-state index contributed by atoms with van der Waals surface area (Å²) >= 11 is 3.29. The molecule has 0 aliphatic heterocycles. The molecule has 21 heavy (non-hydrogen) atoms. The lowest BCUT2D eigenvalue weighted by atomic mass is 10.1. The molecule has 0 saturated heterocycles. The molecule has 1 N–H and O–H groups in total. The number of amides is 1. The van der Waals surface area contributed by atoms with Crippen molar-refractivity contribution in [3.63, 3.8) is 0 Å². The lowest BCUT2D eigenvalue weighted by Gasteiger charge is -2.08. The lowest BCUT2D eigenvalue weighted by Crippen LogP contribution is -2.13. The number of nitrogens with zero attached hydrogens (tertiary/aromatic N) is 2. The van der Waals surface area contributed by atoms with E-state index in [2.05, 4.69) is 26.2 Å². The van der Waals surface area contributed by atoms with E-state index in [1.54, 1.807) is 13.0 Å². The number of anilines is 1. The molecular formula is C14H12BrN3O3. The molecule has 7 heteroatoms. The van der Waals surface area contributed by atoms with Gasteiger partial charge in [0.2, 0.25) is 0 Å². The van der Waals surface area contributed by atoms with E-state index in [4.69, 9.17) is 0 Å². The second-order valence-electron chi connectivity index (χ2n) is 4.54. The highest BCUT2D eigenvalue weighted by Crippen LogP contribution is 2.20. The number of nitrogens with one attached hydrogen (secondary N) is 1. The van der Waals surface area contributed by atoms with Crippen LogP contribution in [0, 0.1) is 24.0 Å². The first-order chi connectivity index (χ1) is 9.88. The number of nitro benzene ring substituents is 1. The zero-order valence-corrected chi connectivity index (χ0v) is 13.0. The van der Waals surface area contributed by atoms with Crippen molar-refractivity contribution in [2.24, 2.45) is 0 Å². The third-order valence-electron chi connectivity index (χ3n) is 2.94. The number of hydrogen-bond donors (Lipinski definition) is 1. The van der Waals surface area contributed by atoms with Gasteiger partial charge in [0.15, 0.2) is 0 Å². The Morgan fingerprint density at radius 3 is 2.57 bits per heavy atom. The topological polar surface area (TPSA) is 85.1 Å². The Morgan fingerprint density at radius 2 is 2.00 bits per heavy atom. The molecule has 0 atom stereocenters. The highest BCUT2D eigenvalue weighted by atomic mass is 79.9. The normalized spacial score (nSPS) is 10.2. The summed E-state index contributed by atoms with van der Waals surface area (Å²) in [7, 11) is 0. The van der Waals surface area contributed by atoms with E-state index < -0.39 is 4.92 Å². The number of aryl methyl sites for hydroxylation is 2. The van der Waals surface area contributed by atoms with E-state index >= 15 is 0 Å². The van der Waals surface area contributed by atoms with E-state index in [-0.39, 0.29) is 11.6 Å². The van der Waals surface area contributed by atoms with Crippen molar-refractivity contribution in [1.29, 1.82) is 0 Å². The first-order valence-electron chi connectivity index (χ1n) is 6.07. The van der Waals surface area contributed by atoms with Gasteiger partial charge in [0.1, 0.15) is 4.60 Å². The summed E-state index contributed by atoms with van der Waals surface area (Å²) < 4.78 is 0.715. The Labute approximate surface area is 129 Å². The molecule has 0 bridgehead atoms. The number of halogens is 1. The van der Waals surface area contributed by atoms with Gasteiger partial charge in [-0.2, -0.15) is 0 Å². The fourth-order valence-electron chi connectivity index (χ4n) is 1.84. The van der Waals surface area contributed by atoms with Crippen LogP contribution in [-0.4, -0.2) is 15.8 Å². The van der Waals surface area contributed by atoms with Crippen LogP contribution in [0.1, 0.15) is 21.5 Å². The molecule has 0 unspecified atom stereocenters. The summed E-state index contributed by atoms with van der Waals surface area (Å²) in [4.78, 5) is 26.5. The van der Waals surface area contributed by atoms with Crippen molar-refractivity contribution in [2.75, 3.05) is 5.32 Å². The Hall–Kier alpha value is -2.28. The smallest absolute Gasteiger partial charge is 0.269 e. The maximum atomic E-state index is 12.2. The van der Waals surface area contributed by atoms with Crippen molar-refractivity contribution in [1.82, 2.24) is 4.98 Å². The summed E-state index contributed by atoms with van der Waals surface area (Å²) in [5.74, 6) is -0.328. The molecule has 2 aromatic rings. The molecule has 0 radical (unpaired) electrons. The fourth-order valence-corrected chi connectivity index (χ4v) is 2.06. The molecule has 1 amide bonds. The van der Waals surface area contributed by atoms with Crippen LogP contribution in [0.15, 0.2) is 35.1 Å². The SMILES string of the molecule is Cc1cc([N+](=O)[O-])ccc1C(=O)Nc1cnc(Br)c(C)c1. The second-order valence-corrected chi connectivity index (χ2v) is 5.29. The molecule has 0 fully saturated rings. The largest absolute Gasteiger partial charge is 0.321 e. The van der Waals surface area contributed by atoms with Gasteiger partial charge in [-0.05, 0) is 53.0 Å². The minimum Gasteiger partial charge on any atom is -0.321 e.